The Labute approximate surface area is 108 Å². The Morgan fingerprint density at radius 3 is 2.78 bits per heavy atom. The Kier molecular flexibility index (Phi) is 3.71. The van der Waals surface area contributed by atoms with Crippen molar-refractivity contribution in [1.29, 1.82) is 0 Å². The van der Waals surface area contributed by atoms with Gasteiger partial charge in [-0.2, -0.15) is 0 Å². The van der Waals surface area contributed by atoms with Crippen molar-refractivity contribution < 1.29 is 9.90 Å². The van der Waals surface area contributed by atoms with Crippen LogP contribution in [0.1, 0.15) is 36.2 Å². The molecule has 0 atom stereocenters. The van der Waals surface area contributed by atoms with Crippen LogP contribution in [-0.4, -0.2) is 35.6 Å². The van der Waals surface area contributed by atoms with Crippen molar-refractivity contribution in [2.45, 2.75) is 26.7 Å². The maximum absolute atomic E-state index is 12.4. The molecule has 0 aliphatic carbocycles. The normalized spacial score (nSPS) is 15.7. The van der Waals surface area contributed by atoms with Gasteiger partial charge in [-0.05, 0) is 29.9 Å². The van der Waals surface area contributed by atoms with Crippen LogP contribution < -0.4 is 0 Å². The summed E-state index contributed by atoms with van der Waals surface area (Å²) in [5.74, 6) is 0.128. The summed E-state index contributed by atoms with van der Waals surface area (Å²) >= 11 is 0. The van der Waals surface area contributed by atoms with Crippen molar-refractivity contribution in [2.75, 3.05) is 19.7 Å². The van der Waals surface area contributed by atoms with Gasteiger partial charge in [-0.25, -0.2) is 0 Å². The van der Waals surface area contributed by atoms with Gasteiger partial charge in [0.2, 0.25) is 0 Å². The van der Waals surface area contributed by atoms with Crippen LogP contribution in [-0.2, 0) is 6.42 Å². The van der Waals surface area contributed by atoms with Crippen molar-refractivity contribution in [3.05, 3.63) is 35.4 Å². The quantitative estimate of drug-likeness (QED) is 0.885. The number of hydrogen-bond donors (Lipinski definition) is 1. The second kappa shape index (κ2) is 5.11. The lowest BCUT2D eigenvalue weighted by atomic mass is 9.87. The second-order valence-corrected chi connectivity index (χ2v) is 5.77. The molecule has 0 fully saturated rings. The van der Waals surface area contributed by atoms with Crippen LogP contribution in [0.5, 0.6) is 0 Å². The minimum atomic E-state index is -0.0311. The first-order valence-corrected chi connectivity index (χ1v) is 6.51. The molecule has 1 heterocycles. The highest BCUT2D eigenvalue weighted by molar-refractivity contribution is 5.96. The van der Waals surface area contributed by atoms with Gasteiger partial charge in [0.15, 0.2) is 0 Å². The molecule has 1 amide bonds. The van der Waals surface area contributed by atoms with E-state index in [1.54, 1.807) is 0 Å². The lowest BCUT2D eigenvalue weighted by molar-refractivity contribution is 0.0638. The molecule has 0 saturated carbocycles. The van der Waals surface area contributed by atoms with Gasteiger partial charge in [0.1, 0.15) is 0 Å². The molecule has 1 aromatic rings. The number of aliphatic hydroxyl groups excluding tert-OH is 1. The number of fused-ring (bicyclic) bond motifs is 1. The molecular formula is C15H21NO2. The first-order chi connectivity index (χ1) is 8.53. The van der Waals surface area contributed by atoms with E-state index in [0.717, 1.165) is 30.5 Å². The van der Waals surface area contributed by atoms with E-state index < -0.39 is 0 Å². The molecular weight excluding hydrogens is 226 g/mol. The van der Waals surface area contributed by atoms with E-state index in [-0.39, 0.29) is 17.9 Å². The zero-order chi connectivity index (χ0) is 13.2. The number of rotatable bonds is 4. The van der Waals surface area contributed by atoms with Crippen LogP contribution in [0.3, 0.4) is 0 Å². The summed E-state index contributed by atoms with van der Waals surface area (Å²) in [4.78, 5) is 14.3. The largest absolute Gasteiger partial charge is 0.396 e. The first kappa shape index (κ1) is 13.1. The topological polar surface area (TPSA) is 40.5 Å². The summed E-state index contributed by atoms with van der Waals surface area (Å²) in [5, 5.41) is 9.05. The molecule has 1 N–H and O–H groups in total. The van der Waals surface area contributed by atoms with Crippen molar-refractivity contribution in [2.24, 2.45) is 5.41 Å². The predicted molar refractivity (Wildman–Crippen MR) is 71.5 cm³/mol. The Hall–Kier alpha value is -1.35. The molecule has 0 bridgehead atoms. The van der Waals surface area contributed by atoms with E-state index in [0.29, 0.717) is 6.54 Å². The summed E-state index contributed by atoms with van der Waals surface area (Å²) in [7, 11) is 0. The van der Waals surface area contributed by atoms with Crippen LogP contribution in [0.2, 0.25) is 0 Å². The summed E-state index contributed by atoms with van der Waals surface area (Å²) in [6.45, 7) is 5.85. The Bertz CT molecular complexity index is 440. The molecule has 3 heteroatoms. The first-order valence-electron chi connectivity index (χ1n) is 6.51. The maximum atomic E-state index is 12.4. The van der Waals surface area contributed by atoms with Crippen molar-refractivity contribution >= 4 is 5.91 Å². The number of aliphatic hydroxyl groups is 1. The summed E-state index contributed by atoms with van der Waals surface area (Å²) < 4.78 is 0. The number of hydrogen-bond acceptors (Lipinski definition) is 2. The standard InChI is InChI=1S/C15H21NO2/c1-15(2,8-10-17)11-16-9-7-12-5-3-4-6-13(12)14(16)18/h3-6,17H,7-11H2,1-2H3. The number of nitrogens with zero attached hydrogens (tertiary/aromatic N) is 1. The van der Waals surface area contributed by atoms with E-state index >= 15 is 0 Å². The van der Waals surface area contributed by atoms with Gasteiger partial charge >= 0.3 is 0 Å². The predicted octanol–water partition coefficient (Wildman–Crippen LogP) is 2.09. The Morgan fingerprint density at radius 2 is 2.06 bits per heavy atom. The van der Waals surface area contributed by atoms with E-state index in [2.05, 4.69) is 13.8 Å². The van der Waals surface area contributed by atoms with Gasteiger partial charge in [-0.15, -0.1) is 0 Å². The van der Waals surface area contributed by atoms with Crippen LogP contribution in [0.25, 0.3) is 0 Å². The minimum Gasteiger partial charge on any atom is -0.396 e. The number of carbonyl (C=O) groups is 1. The molecule has 3 nitrogen and oxygen atoms in total. The number of carbonyl (C=O) groups excluding carboxylic acids is 1. The molecule has 1 aliphatic heterocycles. The average molecular weight is 247 g/mol. The van der Waals surface area contributed by atoms with E-state index in [4.69, 9.17) is 5.11 Å². The lowest BCUT2D eigenvalue weighted by Gasteiger charge is -2.35. The molecule has 0 spiro atoms. The van der Waals surface area contributed by atoms with Crippen molar-refractivity contribution in [3.63, 3.8) is 0 Å². The molecule has 2 rings (SSSR count). The molecule has 0 unspecified atom stereocenters. The highest BCUT2D eigenvalue weighted by Crippen LogP contribution is 2.25. The summed E-state index contributed by atoms with van der Waals surface area (Å²) in [5.41, 5.74) is 1.96. The van der Waals surface area contributed by atoms with E-state index in [9.17, 15) is 4.79 Å². The molecule has 18 heavy (non-hydrogen) atoms. The fourth-order valence-electron chi connectivity index (χ4n) is 2.52. The molecule has 0 saturated heterocycles. The Balaban J connectivity index is 2.12. The fourth-order valence-corrected chi connectivity index (χ4v) is 2.52. The van der Waals surface area contributed by atoms with Gasteiger partial charge in [0.25, 0.3) is 5.91 Å². The number of amides is 1. The van der Waals surface area contributed by atoms with Crippen LogP contribution >= 0.6 is 0 Å². The van der Waals surface area contributed by atoms with E-state index in [1.807, 2.05) is 29.2 Å². The third kappa shape index (κ3) is 2.72. The van der Waals surface area contributed by atoms with Gasteiger partial charge in [-0.1, -0.05) is 32.0 Å². The van der Waals surface area contributed by atoms with Gasteiger partial charge < -0.3 is 10.0 Å². The zero-order valence-electron chi connectivity index (χ0n) is 11.1. The number of benzene rings is 1. The molecule has 98 valence electrons. The zero-order valence-corrected chi connectivity index (χ0v) is 11.1. The highest BCUT2D eigenvalue weighted by Gasteiger charge is 2.28. The molecule has 1 aliphatic rings. The molecule has 0 radical (unpaired) electrons. The highest BCUT2D eigenvalue weighted by atomic mass is 16.3. The monoisotopic (exact) mass is 247 g/mol. The third-order valence-corrected chi connectivity index (χ3v) is 3.59. The molecule has 0 aromatic heterocycles. The van der Waals surface area contributed by atoms with Crippen molar-refractivity contribution in [3.8, 4) is 0 Å². The second-order valence-electron chi connectivity index (χ2n) is 5.77. The van der Waals surface area contributed by atoms with Gasteiger partial charge in [0.05, 0.1) is 0 Å². The average Bonchev–Trinajstić information content (AvgIpc) is 2.33. The molecule has 1 aromatic carbocycles. The van der Waals surface area contributed by atoms with E-state index in [1.165, 1.54) is 0 Å². The SMILES string of the molecule is CC(C)(CCO)CN1CCc2ccccc2C1=O. The van der Waals surface area contributed by atoms with Crippen LogP contribution in [0, 0.1) is 5.41 Å². The maximum Gasteiger partial charge on any atom is 0.254 e. The van der Waals surface area contributed by atoms with Gasteiger partial charge in [-0.3, -0.25) is 4.79 Å². The lowest BCUT2D eigenvalue weighted by Crippen LogP contribution is -2.43. The summed E-state index contributed by atoms with van der Waals surface area (Å²) in [6.07, 6.45) is 1.65. The smallest absolute Gasteiger partial charge is 0.254 e. The third-order valence-electron chi connectivity index (χ3n) is 3.59. The minimum absolute atomic E-state index is 0.0311. The van der Waals surface area contributed by atoms with Gasteiger partial charge in [0, 0.05) is 25.3 Å². The van der Waals surface area contributed by atoms with Crippen LogP contribution in [0.15, 0.2) is 24.3 Å². The Morgan fingerprint density at radius 1 is 1.33 bits per heavy atom. The summed E-state index contributed by atoms with van der Waals surface area (Å²) in [6, 6.07) is 7.84. The van der Waals surface area contributed by atoms with Crippen molar-refractivity contribution in [1.82, 2.24) is 4.90 Å². The van der Waals surface area contributed by atoms with Crippen LogP contribution in [0.4, 0.5) is 0 Å². The fraction of sp³-hybridized carbons (Fsp3) is 0.533.